The molecule has 1 aromatic heterocycles. The number of halogens is 1. The summed E-state index contributed by atoms with van der Waals surface area (Å²) in [5.41, 5.74) is 2.67. The number of amides is 1. The van der Waals surface area contributed by atoms with E-state index in [1.165, 1.54) is 9.75 Å². The summed E-state index contributed by atoms with van der Waals surface area (Å²) in [6.07, 6.45) is 0. The minimum atomic E-state index is -0.260. The van der Waals surface area contributed by atoms with Crippen LogP contribution in [0.3, 0.4) is 0 Å². The molecule has 4 nitrogen and oxygen atoms in total. The van der Waals surface area contributed by atoms with Gasteiger partial charge in [-0.3, -0.25) is 4.79 Å². The molecule has 0 aliphatic carbocycles. The first-order chi connectivity index (χ1) is 13.0. The van der Waals surface area contributed by atoms with Crippen LogP contribution in [0.2, 0.25) is 5.02 Å². The highest BCUT2D eigenvalue weighted by molar-refractivity contribution is 7.15. The highest BCUT2D eigenvalue weighted by Gasteiger charge is 2.09. The maximum absolute atomic E-state index is 12.0. The van der Waals surface area contributed by atoms with E-state index in [1.54, 1.807) is 30.4 Å². The molecular formula is C21H21ClN2O2S. The van der Waals surface area contributed by atoms with Gasteiger partial charge in [-0.15, -0.1) is 11.3 Å². The number of thiophene rings is 1. The number of hydrogen-bond acceptors (Lipinski definition) is 4. The molecule has 0 unspecified atom stereocenters. The molecule has 1 amide bonds. The molecule has 140 valence electrons. The summed E-state index contributed by atoms with van der Waals surface area (Å²) in [6, 6.07) is 19.1. The lowest BCUT2D eigenvalue weighted by Gasteiger charge is -2.11. The fourth-order valence-corrected chi connectivity index (χ4v) is 3.60. The van der Waals surface area contributed by atoms with Gasteiger partial charge in [0.15, 0.2) is 0 Å². The van der Waals surface area contributed by atoms with Gasteiger partial charge in [-0.2, -0.15) is 0 Å². The molecule has 3 N–H and O–H groups in total. The zero-order valence-electron chi connectivity index (χ0n) is 14.9. The molecule has 27 heavy (non-hydrogen) atoms. The first-order valence-corrected chi connectivity index (χ1v) is 9.85. The Hall–Kier alpha value is -2.34. The van der Waals surface area contributed by atoms with Crippen LogP contribution >= 0.6 is 22.9 Å². The van der Waals surface area contributed by atoms with Crippen molar-refractivity contribution in [1.82, 2.24) is 5.32 Å². The Balaban J connectivity index is 1.57. The Morgan fingerprint density at radius 1 is 1.07 bits per heavy atom. The van der Waals surface area contributed by atoms with Crippen LogP contribution < -0.4 is 10.6 Å². The van der Waals surface area contributed by atoms with Crippen LogP contribution in [0, 0.1) is 0 Å². The molecule has 3 rings (SSSR count). The molecular weight excluding hydrogens is 380 g/mol. The fourth-order valence-electron chi connectivity index (χ4n) is 2.52. The van der Waals surface area contributed by atoms with Gasteiger partial charge < -0.3 is 15.7 Å². The number of nitrogens with one attached hydrogen (secondary N) is 2. The lowest BCUT2D eigenvalue weighted by molar-refractivity contribution is 0.0922. The van der Waals surface area contributed by atoms with E-state index in [1.807, 2.05) is 36.4 Å². The van der Waals surface area contributed by atoms with Crippen molar-refractivity contribution in [2.45, 2.75) is 19.5 Å². The van der Waals surface area contributed by atoms with Crippen LogP contribution in [0.1, 0.15) is 22.2 Å². The van der Waals surface area contributed by atoms with E-state index in [2.05, 4.69) is 22.8 Å². The number of anilines is 1. The van der Waals surface area contributed by atoms with E-state index in [9.17, 15) is 4.79 Å². The second-order valence-corrected chi connectivity index (χ2v) is 7.87. The van der Waals surface area contributed by atoms with Crippen molar-refractivity contribution in [2.24, 2.45) is 0 Å². The van der Waals surface area contributed by atoms with Gasteiger partial charge in [0.2, 0.25) is 0 Å². The number of aliphatic hydroxyl groups excluding tert-OH is 1. The van der Waals surface area contributed by atoms with Crippen molar-refractivity contribution in [3.05, 3.63) is 76.1 Å². The Labute approximate surface area is 167 Å². The van der Waals surface area contributed by atoms with Crippen LogP contribution in [-0.2, 0) is 6.54 Å². The number of carbonyl (C=O) groups is 1. The maximum atomic E-state index is 12.0. The summed E-state index contributed by atoms with van der Waals surface area (Å²) in [5, 5.41) is 15.8. The molecule has 0 aliphatic rings. The molecule has 1 atom stereocenters. The number of hydrogen-bond donors (Lipinski definition) is 3. The van der Waals surface area contributed by atoms with E-state index < -0.39 is 0 Å². The van der Waals surface area contributed by atoms with Crippen molar-refractivity contribution in [3.63, 3.8) is 0 Å². The minimum Gasteiger partial charge on any atom is -0.394 e. The average molecular weight is 401 g/mol. The van der Waals surface area contributed by atoms with Crippen LogP contribution in [-0.4, -0.2) is 23.7 Å². The molecule has 0 radical (unpaired) electrons. The van der Waals surface area contributed by atoms with E-state index in [0.717, 1.165) is 16.3 Å². The third-order valence-electron chi connectivity index (χ3n) is 4.06. The van der Waals surface area contributed by atoms with Gasteiger partial charge in [0, 0.05) is 38.6 Å². The summed E-state index contributed by atoms with van der Waals surface area (Å²) in [6.45, 7) is 2.39. The second kappa shape index (κ2) is 9.04. The van der Waals surface area contributed by atoms with Crippen molar-refractivity contribution in [3.8, 4) is 10.4 Å². The monoisotopic (exact) mass is 400 g/mol. The predicted molar refractivity (Wildman–Crippen MR) is 113 cm³/mol. The Morgan fingerprint density at radius 3 is 2.44 bits per heavy atom. The van der Waals surface area contributed by atoms with Crippen molar-refractivity contribution >= 4 is 34.5 Å². The van der Waals surface area contributed by atoms with E-state index in [4.69, 9.17) is 16.7 Å². The van der Waals surface area contributed by atoms with Crippen LogP contribution in [0.15, 0.2) is 60.7 Å². The lowest BCUT2D eigenvalue weighted by Crippen LogP contribution is -2.34. The third-order valence-corrected chi connectivity index (χ3v) is 5.44. The van der Waals surface area contributed by atoms with Gasteiger partial charge in [0.1, 0.15) is 0 Å². The van der Waals surface area contributed by atoms with Crippen LogP contribution in [0.5, 0.6) is 0 Å². The predicted octanol–water partition coefficient (Wildman–Crippen LogP) is 4.79. The van der Waals surface area contributed by atoms with Gasteiger partial charge in [-0.25, -0.2) is 0 Å². The van der Waals surface area contributed by atoms with Gasteiger partial charge >= 0.3 is 0 Å². The fraction of sp³-hybridized carbons (Fsp3) is 0.190. The first kappa shape index (κ1) is 19.4. The molecule has 0 spiro atoms. The Bertz CT molecular complexity index is 891. The van der Waals surface area contributed by atoms with E-state index >= 15 is 0 Å². The molecule has 0 bridgehead atoms. The SMILES string of the molecule is C[C@@H](CO)NC(=O)c1ccc(NCc2ccc(-c3ccc(Cl)cc3)s2)cc1. The van der Waals surface area contributed by atoms with E-state index in [0.29, 0.717) is 12.1 Å². The van der Waals surface area contributed by atoms with Crippen LogP contribution in [0.4, 0.5) is 5.69 Å². The molecule has 0 saturated carbocycles. The average Bonchev–Trinajstić information content (AvgIpc) is 3.16. The first-order valence-electron chi connectivity index (χ1n) is 8.65. The van der Waals surface area contributed by atoms with Crippen LogP contribution in [0.25, 0.3) is 10.4 Å². The highest BCUT2D eigenvalue weighted by atomic mass is 35.5. The number of rotatable bonds is 7. The highest BCUT2D eigenvalue weighted by Crippen LogP contribution is 2.29. The maximum Gasteiger partial charge on any atom is 0.251 e. The van der Waals surface area contributed by atoms with Crippen molar-refractivity contribution < 1.29 is 9.90 Å². The van der Waals surface area contributed by atoms with Crippen molar-refractivity contribution in [1.29, 1.82) is 0 Å². The molecule has 0 aliphatic heterocycles. The molecule has 1 heterocycles. The minimum absolute atomic E-state index is 0.0792. The summed E-state index contributed by atoms with van der Waals surface area (Å²) in [7, 11) is 0. The largest absolute Gasteiger partial charge is 0.394 e. The zero-order chi connectivity index (χ0) is 19.2. The zero-order valence-corrected chi connectivity index (χ0v) is 16.5. The van der Waals surface area contributed by atoms with Gasteiger partial charge in [-0.1, -0.05) is 23.7 Å². The van der Waals surface area contributed by atoms with Gasteiger partial charge in [-0.05, 0) is 61.0 Å². The quantitative estimate of drug-likeness (QED) is 0.534. The lowest BCUT2D eigenvalue weighted by atomic mass is 10.2. The standard InChI is InChI=1S/C21H21ClN2O2S/c1-14(13-25)24-21(26)16-4-8-18(9-5-16)23-12-19-10-11-20(27-19)15-2-6-17(22)7-3-15/h2-11,14,23,25H,12-13H2,1H3,(H,24,26)/t14-/m0/s1. The Kier molecular flexibility index (Phi) is 6.50. The summed E-state index contributed by atoms with van der Waals surface area (Å²) in [5.74, 6) is -0.186. The van der Waals surface area contributed by atoms with Gasteiger partial charge in [0.05, 0.1) is 6.61 Å². The molecule has 0 fully saturated rings. The normalized spacial score (nSPS) is 11.8. The molecule has 3 aromatic rings. The number of benzene rings is 2. The Morgan fingerprint density at radius 2 is 1.78 bits per heavy atom. The van der Waals surface area contributed by atoms with Crippen molar-refractivity contribution in [2.75, 3.05) is 11.9 Å². The summed E-state index contributed by atoms with van der Waals surface area (Å²) in [4.78, 5) is 14.4. The number of aliphatic hydroxyl groups is 1. The smallest absolute Gasteiger partial charge is 0.251 e. The summed E-state index contributed by atoms with van der Waals surface area (Å²) < 4.78 is 0. The second-order valence-electron chi connectivity index (χ2n) is 6.26. The molecule has 6 heteroatoms. The van der Waals surface area contributed by atoms with Gasteiger partial charge in [0.25, 0.3) is 5.91 Å². The topological polar surface area (TPSA) is 61.4 Å². The summed E-state index contributed by atoms with van der Waals surface area (Å²) >= 11 is 7.68. The third kappa shape index (κ3) is 5.32. The molecule has 0 saturated heterocycles. The number of carbonyl (C=O) groups excluding carboxylic acids is 1. The van der Waals surface area contributed by atoms with E-state index in [-0.39, 0.29) is 18.6 Å². The molecule has 2 aromatic carbocycles.